The number of para-hydroxylation sites is 2. The van der Waals surface area contributed by atoms with Crippen LogP contribution >= 0.6 is 22.7 Å². The van der Waals surface area contributed by atoms with E-state index >= 15 is 0 Å². The molecule has 0 fully saturated rings. The molecule has 0 radical (unpaired) electrons. The zero-order chi connectivity index (χ0) is 41.9. The summed E-state index contributed by atoms with van der Waals surface area (Å²) in [7, 11) is 0. The Kier molecular flexibility index (Phi) is 7.76. The highest BCUT2D eigenvalue weighted by Crippen LogP contribution is 2.44. The molecular weight excluding hydrogens is 813 g/mol. The van der Waals surface area contributed by atoms with Crippen molar-refractivity contribution in [1.29, 1.82) is 0 Å². The van der Waals surface area contributed by atoms with E-state index in [9.17, 15) is 0 Å². The van der Waals surface area contributed by atoms with E-state index in [2.05, 4.69) is 228 Å². The molecule has 0 aliphatic carbocycles. The molecule has 0 amide bonds. The minimum absolute atomic E-state index is 1.15. The van der Waals surface area contributed by atoms with Crippen LogP contribution in [0.2, 0.25) is 0 Å². The Morgan fingerprint density at radius 1 is 0.250 bits per heavy atom. The second-order valence-corrected chi connectivity index (χ2v) is 18.9. The van der Waals surface area contributed by atoms with E-state index in [0.29, 0.717) is 0 Å². The molecule has 0 saturated carbocycles. The lowest BCUT2D eigenvalue weighted by molar-refractivity contribution is 1.18. The molecule has 0 aliphatic rings. The molecular formula is C60H36N2S2. The van der Waals surface area contributed by atoms with Gasteiger partial charge in [0.2, 0.25) is 0 Å². The summed E-state index contributed by atoms with van der Waals surface area (Å²) in [6, 6.07) is 80.7. The number of nitrogens with zero attached hydrogens (tertiary/aromatic N) is 2. The van der Waals surface area contributed by atoms with Crippen LogP contribution in [-0.4, -0.2) is 9.13 Å². The lowest BCUT2D eigenvalue weighted by Gasteiger charge is -2.12. The Morgan fingerprint density at radius 2 is 0.609 bits per heavy atom. The first kappa shape index (κ1) is 35.8. The number of rotatable bonds is 5. The standard InChI is InChI=1S/C60H36N2S2/c1-5-19-53-45(11-1)51-35-39(43-15-9-17-49-47-13-3-7-21-57(47)63-59(43)49)27-33-55(51)61(53)41-29-23-37(24-30-41)38-25-31-42(32-26-38)62-54-20-6-2-12-46(54)52-36-40(28-34-56(52)62)44-16-10-18-50-48-14-4-8-22-58(48)64-60(44)50/h1-36H. The lowest BCUT2D eigenvalue weighted by atomic mass is 10.0. The van der Waals surface area contributed by atoms with Crippen LogP contribution in [0.1, 0.15) is 0 Å². The van der Waals surface area contributed by atoms with E-state index in [4.69, 9.17) is 0 Å². The van der Waals surface area contributed by atoms with Crippen LogP contribution in [0, 0.1) is 0 Å². The zero-order valence-electron chi connectivity index (χ0n) is 34.5. The number of hydrogen-bond acceptors (Lipinski definition) is 2. The number of benzene rings is 10. The Morgan fingerprint density at radius 3 is 1.06 bits per heavy atom. The highest BCUT2D eigenvalue weighted by atomic mass is 32.1. The van der Waals surface area contributed by atoms with Gasteiger partial charge in [-0.15, -0.1) is 22.7 Å². The van der Waals surface area contributed by atoms with Gasteiger partial charge in [0.15, 0.2) is 0 Å². The van der Waals surface area contributed by atoms with E-state index in [1.165, 1.54) is 117 Å². The first-order valence-electron chi connectivity index (χ1n) is 21.8. The third-order valence-corrected chi connectivity index (χ3v) is 15.8. The topological polar surface area (TPSA) is 9.86 Å². The maximum Gasteiger partial charge on any atom is 0.0541 e. The molecule has 4 aromatic heterocycles. The summed E-state index contributed by atoms with van der Waals surface area (Å²) in [5, 5.41) is 10.4. The van der Waals surface area contributed by atoms with Crippen molar-refractivity contribution in [1.82, 2.24) is 9.13 Å². The van der Waals surface area contributed by atoms with Gasteiger partial charge in [-0.1, -0.05) is 146 Å². The summed E-state index contributed by atoms with van der Waals surface area (Å²) < 4.78 is 10.2. The summed E-state index contributed by atoms with van der Waals surface area (Å²) in [6.45, 7) is 0. The van der Waals surface area contributed by atoms with Crippen LogP contribution in [-0.2, 0) is 0 Å². The molecule has 0 spiro atoms. The van der Waals surface area contributed by atoms with Crippen molar-refractivity contribution in [2.45, 2.75) is 0 Å². The summed E-state index contributed by atoms with van der Waals surface area (Å²) in [5.74, 6) is 0. The highest BCUT2D eigenvalue weighted by Gasteiger charge is 2.18. The van der Waals surface area contributed by atoms with Crippen molar-refractivity contribution >= 4 is 107 Å². The Labute approximate surface area is 376 Å². The van der Waals surface area contributed by atoms with E-state index in [0.717, 1.165) is 11.4 Å². The van der Waals surface area contributed by atoms with Gasteiger partial charge in [0.25, 0.3) is 0 Å². The number of hydrogen-bond donors (Lipinski definition) is 0. The SMILES string of the molecule is c1ccc2c(c1)sc1c(-c3ccc4c(c3)c3ccccc3n4-c3ccc(-c4ccc(-n5c6ccccc6c6cc(-c7cccc8c7sc7ccccc78)ccc65)cc4)cc3)cccc12. The van der Waals surface area contributed by atoms with E-state index in [1.807, 2.05) is 22.7 Å². The second-order valence-electron chi connectivity index (χ2n) is 16.8. The fourth-order valence-corrected chi connectivity index (χ4v) is 12.9. The monoisotopic (exact) mass is 848 g/mol. The Bertz CT molecular complexity index is 3900. The molecule has 14 rings (SSSR count). The third kappa shape index (κ3) is 5.30. The molecule has 2 nitrogen and oxygen atoms in total. The molecule has 0 saturated heterocycles. The smallest absolute Gasteiger partial charge is 0.0541 e. The normalized spacial score (nSPS) is 12.1. The number of aromatic nitrogens is 2. The molecule has 4 heteroatoms. The van der Waals surface area contributed by atoms with Crippen molar-refractivity contribution in [2.75, 3.05) is 0 Å². The van der Waals surface area contributed by atoms with Crippen LogP contribution in [0.3, 0.4) is 0 Å². The maximum atomic E-state index is 2.41. The van der Waals surface area contributed by atoms with Gasteiger partial charge in [-0.2, -0.15) is 0 Å². The third-order valence-electron chi connectivity index (χ3n) is 13.4. The average Bonchev–Trinajstić information content (AvgIpc) is 4.12. The molecule has 298 valence electrons. The van der Waals surface area contributed by atoms with Crippen LogP contribution in [0.15, 0.2) is 218 Å². The van der Waals surface area contributed by atoms with Crippen molar-refractivity contribution in [3.05, 3.63) is 218 Å². The summed E-state index contributed by atoms with van der Waals surface area (Å²) in [5.41, 5.74) is 14.6. The second kappa shape index (κ2) is 13.9. The first-order valence-corrected chi connectivity index (χ1v) is 23.5. The van der Waals surface area contributed by atoms with Crippen LogP contribution in [0.25, 0.3) is 129 Å². The largest absolute Gasteiger partial charge is 0.309 e. The van der Waals surface area contributed by atoms with Gasteiger partial charge in [0, 0.05) is 73.3 Å². The van der Waals surface area contributed by atoms with E-state index in [-0.39, 0.29) is 0 Å². The number of thiophene rings is 2. The van der Waals surface area contributed by atoms with Gasteiger partial charge in [0.05, 0.1) is 22.1 Å². The van der Waals surface area contributed by atoms with Gasteiger partial charge < -0.3 is 9.13 Å². The zero-order valence-corrected chi connectivity index (χ0v) is 36.1. The fourth-order valence-electron chi connectivity index (χ4n) is 10.4. The molecule has 0 bridgehead atoms. The molecule has 14 aromatic rings. The van der Waals surface area contributed by atoms with Crippen molar-refractivity contribution < 1.29 is 0 Å². The predicted molar refractivity (Wildman–Crippen MR) is 277 cm³/mol. The van der Waals surface area contributed by atoms with Crippen molar-refractivity contribution in [3.63, 3.8) is 0 Å². The van der Waals surface area contributed by atoms with Crippen molar-refractivity contribution in [2.24, 2.45) is 0 Å². The maximum absolute atomic E-state index is 2.41. The van der Waals surface area contributed by atoms with E-state index < -0.39 is 0 Å². The van der Waals surface area contributed by atoms with Crippen LogP contribution in [0.5, 0.6) is 0 Å². The highest BCUT2D eigenvalue weighted by molar-refractivity contribution is 7.26. The average molecular weight is 849 g/mol. The van der Waals surface area contributed by atoms with Gasteiger partial charge in [-0.05, 0) is 106 Å². The minimum atomic E-state index is 1.15. The number of fused-ring (bicyclic) bond motifs is 12. The van der Waals surface area contributed by atoms with Gasteiger partial charge in [-0.3, -0.25) is 0 Å². The molecule has 0 aliphatic heterocycles. The summed E-state index contributed by atoms with van der Waals surface area (Å²) in [6.07, 6.45) is 0. The molecule has 4 heterocycles. The fraction of sp³-hybridized carbons (Fsp3) is 0. The Hall–Kier alpha value is -7.76. The molecule has 0 atom stereocenters. The molecule has 0 unspecified atom stereocenters. The van der Waals surface area contributed by atoms with Crippen LogP contribution < -0.4 is 0 Å². The minimum Gasteiger partial charge on any atom is -0.309 e. The van der Waals surface area contributed by atoms with Crippen molar-refractivity contribution in [3.8, 4) is 44.8 Å². The molecule has 64 heavy (non-hydrogen) atoms. The Balaban J connectivity index is 0.814. The lowest BCUT2D eigenvalue weighted by Crippen LogP contribution is -1.95. The van der Waals surface area contributed by atoms with E-state index in [1.54, 1.807) is 0 Å². The van der Waals surface area contributed by atoms with Gasteiger partial charge >= 0.3 is 0 Å². The first-order chi connectivity index (χ1) is 31.7. The molecule has 10 aromatic carbocycles. The molecule has 0 N–H and O–H groups in total. The summed E-state index contributed by atoms with van der Waals surface area (Å²) in [4.78, 5) is 0. The predicted octanol–water partition coefficient (Wildman–Crippen LogP) is 17.6. The van der Waals surface area contributed by atoms with Gasteiger partial charge in [-0.25, -0.2) is 0 Å². The van der Waals surface area contributed by atoms with Gasteiger partial charge in [0.1, 0.15) is 0 Å². The quantitative estimate of drug-likeness (QED) is 0.163. The summed E-state index contributed by atoms with van der Waals surface area (Å²) >= 11 is 3.78. The van der Waals surface area contributed by atoms with Crippen LogP contribution in [0.4, 0.5) is 0 Å².